The Morgan fingerprint density at radius 2 is 1.21 bits per heavy atom. The van der Waals surface area contributed by atoms with Gasteiger partial charge in [0.2, 0.25) is 11.8 Å². The molecule has 2 aliphatic rings. The van der Waals surface area contributed by atoms with Crippen LogP contribution in [0.25, 0.3) is 0 Å². The van der Waals surface area contributed by atoms with Gasteiger partial charge in [0.05, 0.1) is 0 Å². The third-order valence-electron chi connectivity index (χ3n) is 6.23. The van der Waals surface area contributed by atoms with Crippen molar-refractivity contribution < 1.29 is 14.0 Å². The Morgan fingerprint density at radius 3 is 1.82 bits per heavy atom. The quantitative estimate of drug-likeness (QED) is 0.549. The second kappa shape index (κ2) is 9.66. The standard InChI is InChI=1S/C14H18FNO.C14H19NO/c1-14(2,3)13(17)16-12-8-7-11(15)9-5-4-6-10(9)12;1-14(2,3)13(16)15-12-9-5-7-10-6-4-8-11(10)12/h7-8H,4-6H2,1-3H3,(H,16,17);5,7,9H,4,6,8H2,1-3H3,(H,15,16). The first kappa shape index (κ1) is 24.9. The molecule has 0 radical (unpaired) electrons. The van der Waals surface area contributed by atoms with Gasteiger partial charge >= 0.3 is 0 Å². The Labute approximate surface area is 197 Å². The number of amides is 2. The number of hydrogen-bond donors (Lipinski definition) is 2. The van der Waals surface area contributed by atoms with Crippen LogP contribution in [0.5, 0.6) is 0 Å². The van der Waals surface area contributed by atoms with E-state index in [1.807, 2.05) is 53.7 Å². The number of carbonyl (C=O) groups excluding carboxylic acids is 2. The lowest BCUT2D eigenvalue weighted by atomic mass is 9.95. The first-order valence-electron chi connectivity index (χ1n) is 11.9. The summed E-state index contributed by atoms with van der Waals surface area (Å²) < 4.78 is 13.5. The van der Waals surface area contributed by atoms with E-state index in [2.05, 4.69) is 16.7 Å². The summed E-state index contributed by atoms with van der Waals surface area (Å²) in [7, 11) is 0. The van der Waals surface area contributed by atoms with Crippen LogP contribution in [-0.4, -0.2) is 11.8 Å². The summed E-state index contributed by atoms with van der Waals surface area (Å²) in [4.78, 5) is 23.8. The van der Waals surface area contributed by atoms with Gasteiger partial charge in [0.25, 0.3) is 0 Å². The van der Waals surface area contributed by atoms with Crippen LogP contribution in [0.3, 0.4) is 0 Å². The molecule has 0 heterocycles. The van der Waals surface area contributed by atoms with Gasteiger partial charge in [0.15, 0.2) is 0 Å². The van der Waals surface area contributed by atoms with Gasteiger partial charge in [-0.1, -0.05) is 53.7 Å². The van der Waals surface area contributed by atoms with Crippen LogP contribution in [0.4, 0.5) is 15.8 Å². The SMILES string of the molecule is CC(C)(C)C(=O)Nc1ccc(F)c2c1CCC2.CC(C)(C)C(=O)Nc1cccc2c1CCC2. The molecule has 178 valence electrons. The molecule has 33 heavy (non-hydrogen) atoms. The summed E-state index contributed by atoms with van der Waals surface area (Å²) in [5.41, 5.74) is 5.50. The van der Waals surface area contributed by atoms with E-state index in [1.165, 1.54) is 23.6 Å². The topological polar surface area (TPSA) is 58.2 Å². The van der Waals surface area contributed by atoms with Gasteiger partial charge < -0.3 is 10.6 Å². The molecule has 0 unspecified atom stereocenters. The van der Waals surface area contributed by atoms with Crippen molar-refractivity contribution in [2.24, 2.45) is 10.8 Å². The Balaban J connectivity index is 0.000000186. The molecule has 5 heteroatoms. The highest BCUT2D eigenvalue weighted by Crippen LogP contribution is 2.32. The number of aryl methyl sites for hydroxylation is 1. The Kier molecular flexibility index (Phi) is 7.30. The summed E-state index contributed by atoms with van der Waals surface area (Å²) in [6.45, 7) is 11.4. The molecule has 4 nitrogen and oxygen atoms in total. The molecule has 0 saturated carbocycles. The predicted molar refractivity (Wildman–Crippen MR) is 133 cm³/mol. The average Bonchev–Trinajstić information content (AvgIpc) is 3.39. The number of benzene rings is 2. The molecule has 0 spiro atoms. The highest BCUT2D eigenvalue weighted by molar-refractivity contribution is 5.96. The monoisotopic (exact) mass is 452 g/mol. The van der Waals surface area contributed by atoms with Crippen LogP contribution in [-0.2, 0) is 35.3 Å². The van der Waals surface area contributed by atoms with Crippen molar-refractivity contribution in [2.75, 3.05) is 10.6 Å². The van der Waals surface area contributed by atoms with E-state index >= 15 is 0 Å². The zero-order valence-corrected chi connectivity index (χ0v) is 20.8. The summed E-state index contributed by atoms with van der Waals surface area (Å²) >= 11 is 0. The van der Waals surface area contributed by atoms with Crippen molar-refractivity contribution in [1.29, 1.82) is 0 Å². The van der Waals surface area contributed by atoms with Crippen LogP contribution in [0, 0.1) is 16.6 Å². The van der Waals surface area contributed by atoms with Gasteiger partial charge in [-0.3, -0.25) is 9.59 Å². The Bertz CT molecular complexity index is 1050. The first-order chi connectivity index (χ1) is 15.4. The fourth-order valence-corrected chi connectivity index (χ4v) is 4.14. The number of carbonyl (C=O) groups is 2. The van der Waals surface area contributed by atoms with Crippen molar-refractivity contribution in [3.63, 3.8) is 0 Å². The molecule has 0 bridgehead atoms. The second-order valence-corrected chi connectivity index (χ2v) is 11.1. The minimum absolute atomic E-state index is 0.0294. The molecule has 0 atom stereocenters. The third kappa shape index (κ3) is 6.01. The van der Waals surface area contributed by atoms with Crippen molar-refractivity contribution in [3.05, 3.63) is 58.4 Å². The van der Waals surface area contributed by atoms with Gasteiger partial charge in [0, 0.05) is 22.2 Å². The largest absolute Gasteiger partial charge is 0.325 e. The van der Waals surface area contributed by atoms with Crippen molar-refractivity contribution in [2.45, 2.75) is 80.1 Å². The van der Waals surface area contributed by atoms with Crippen LogP contribution in [0.2, 0.25) is 0 Å². The second-order valence-electron chi connectivity index (χ2n) is 11.1. The van der Waals surface area contributed by atoms with Crippen molar-refractivity contribution in [1.82, 2.24) is 0 Å². The van der Waals surface area contributed by atoms with Crippen LogP contribution in [0.15, 0.2) is 30.3 Å². The van der Waals surface area contributed by atoms with Gasteiger partial charge in [0.1, 0.15) is 5.82 Å². The molecular weight excluding hydrogens is 415 g/mol. The molecule has 0 aromatic heterocycles. The van der Waals surface area contributed by atoms with E-state index in [4.69, 9.17) is 0 Å². The molecule has 2 N–H and O–H groups in total. The van der Waals surface area contributed by atoms with Crippen LogP contribution >= 0.6 is 0 Å². The third-order valence-corrected chi connectivity index (χ3v) is 6.23. The number of hydrogen-bond acceptors (Lipinski definition) is 2. The number of nitrogens with one attached hydrogen (secondary N) is 2. The van der Waals surface area contributed by atoms with Gasteiger partial charge in [-0.2, -0.15) is 0 Å². The Morgan fingerprint density at radius 1 is 0.697 bits per heavy atom. The molecule has 2 aliphatic carbocycles. The smallest absolute Gasteiger partial charge is 0.229 e. The molecule has 4 rings (SSSR count). The lowest BCUT2D eigenvalue weighted by Crippen LogP contribution is -2.28. The maximum Gasteiger partial charge on any atom is 0.229 e. The highest BCUT2D eigenvalue weighted by atomic mass is 19.1. The van der Waals surface area contributed by atoms with Crippen LogP contribution < -0.4 is 10.6 Å². The number of fused-ring (bicyclic) bond motifs is 2. The zero-order valence-electron chi connectivity index (χ0n) is 20.8. The van der Waals surface area contributed by atoms with Gasteiger partial charge in [-0.15, -0.1) is 0 Å². The Hall–Kier alpha value is -2.69. The molecule has 2 aromatic carbocycles. The summed E-state index contributed by atoms with van der Waals surface area (Å²) in [6, 6.07) is 9.32. The maximum absolute atomic E-state index is 13.5. The number of rotatable bonds is 2. The minimum Gasteiger partial charge on any atom is -0.325 e. The summed E-state index contributed by atoms with van der Waals surface area (Å²) in [6.07, 6.45) is 6.05. The lowest BCUT2D eigenvalue weighted by molar-refractivity contribution is -0.123. The molecule has 0 saturated heterocycles. The van der Waals surface area contributed by atoms with E-state index < -0.39 is 5.41 Å². The predicted octanol–water partition coefficient (Wildman–Crippen LogP) is 6.46. The van der Waals surface area contributed by atoms with Gasteiger partial charge in [-0.05, 0) is 79.0 Å². The fourth-order valence-electron chi connectivity index (χ4n) is 4.14. The van der Waals surface area contributed by atoms with E-state index in [0.29, 0.717) is 0 Å². The van der Waals surface area contributed by atoms with E-state index in [9.17, 15) is 14.0 Å². The maximum atomic E-state index is 13.5. The molecule has 0 aliphatic heterocycles. The van der Waals surface area contributed by atoms with E-state index in [1.54, 1.807) is 6.07 Å². The minimum atomic E-state index is -0.431. The normalized spacial score (nSPS) is 14.6. The van der Waals surface area contributed by atoms with E-state index in [0.717, 1.165) is 54.6 Å². The van der Waals surface area contributed by atoms with Crippen LogP contribution in [0.1, 0.15) is 76.6 Å². The average molecular weight is 453 g/mol. The van der Waals surface area contributed by atoms with E-state index in [-0.39, 0.29) is 23.0 Å². The highest BCUT2D eigenvalue weighted by Gasteiger charge is 2.25. The van der Waals surface area contributed by atoms with Crippen molar-refractivity contribution in [3.8, 4) is 0 Å². The number of halogens is 1. The first-order valence-corrected chi connectivity index (χ1v) is 11.9. The zero-order chi connectivity index (χ0) is 24.4. The summed E-state index contributed by atoms with van der Waals surface area (Å²) in [5.74, 6) is -0.0859. The van der Waals surface area contributed by atoms with Gasteiger partial charge in [-0.25, -0.2) is 4.39 Å². The molecule has 2 aromatic rings. The summed E-state index contributed by atoms with van der Waals surface area (Å²) in [5, 5.41) is 5.95. The fraction of sp³-hybridized carbons (Fsp3) is 0.500. The van der Waals surface area contributed by atoms with Crippen molar-refractivity contribution >= 4 is 23.2 Å². The number of anilines is 2. The molecule has 2 amide bonds. The molecule has 0 fully saturated rings. The lowest BCUT2D eigenvalue weighted by Gasteiger charge is -2.19. The molecular formula is C28H37FN2O2.